The average molecular weight is 409 g/mol. The highest BCUT2D eigenvalue weighted by Gasteiger charge is 2.47. The number of amides is 4. The number of nitro benzene ring substituents is 1. The van der Waals surface area contributed by atoms with Gasteiger partial charge in [-0.15, -0.1) is 0 Å². The fourth-order valence-corrected chi connectivity index (χ4v) is 3.49. The van der Waals surface area contributed by atoms with Crippen molar-refractivity contribution in [1.29, 1.82) is 0 Å². The Morgan fingerprint density at radius 2 is 1.50 bits per heavy atom. The largest absolute Gasteiger partial charge is 0.332 e. The number of hydrogen-bond donors (Lipinski definition) is 0. The van der Waals surface area contributed by atoms with Crippen LogP contribution in [0.15, 0.2) is 54.6 Å². The zero-order chi connectivity index (χ0) is 22.0. The number of imide groups is 2. The maximum atomic E-state index is 12.9. The lowest BCUT2D eigenvalue weighted by Gasteiger charge is -2.36. The molecule has 0 N–H and O–H groups in total. The molecule has 1 aliphatic heterocycles. The number of hydrogen-bond acceptors (Lipinski definition) is 6. The summed E-state index contributed by atoms with van der Waals surface area (Å²) in [6.07, 6.45) is -0.181. The standard InChI is InChI=1S/C21H19N3O6/c1-22-19(26)18(20(27)23(2)21(22)28)16(12-17(25)14-6-4-3-5-7-14)13-8-10-15(11-9-13)24(29)30/h3-11,16,18H,12H2,1-2H3. The molecule has 0 aromatic heterocycles. The molecule has 1 aliphatic rings. The fourth-order valence-electron chi connectivity index (χ4n) is 3.49. The second-order valence-electron chi connectivity index (χ2n) is 7.00. The third-order valence-electron chi connectivity index (χ3n) is 5.20. The fraction of sp³-hybridized carbons (Fsp3) is 0.238. The van der Waals surface area contributed by atoms with E-state index in [1.807, 2.05) is 0 Å². The molecular formula is C21H19N3O6. The first-order valence-corrected chi connectivity index (χ1v) is 9.14. The number of nitrogens with zero attached hydrogens (tertiary/aromatic N) is 3. The highest BCUT2D eigenvalue weighted by atomic mass is 16.6. The van der Waals surface area contributed by atoms with Gasteiger partial charge in [-0.3, -0.25) is 34.3 Å². The summed E-state index contributed by atoms with van der Waals surface area (Å²) >= 11 is 0. The van der Waals surface area contributed by atoms with Crippen LogP contribution in [0.5, 0.6) is 0 Å². The molecule has 9 heteroatoms. The van der Waals surface area contributed by atoms with Crippen LogP contribution in [0.25, 0.3) is 0 Å². The van der Waals surface area contributed by atoms with Gasteiger partial charge in [0.05, 0.1) is 4.92 Å². The molecule has 30 heavy (non-hydrogen) atoms. The summed E-state index contributed by atoms with van der Waals surface area (Å²) in [5.41, 5.74) is 0.684. The van der Waals surface area contributed by atoms with Crippen LogP contribution in [0, 0.1) is 16.0 Å². The molecule has 1 unspecified atom stereocenters. The Morgan fingerprint density at radius 3 is 2.00 bits per heavy atom. The van der Waals surface area contributed by atoms with Crippen molar-refractivity contribution in [2.24, 2.45) is 5.92 Å². The second kappa shape index (κ2) is 8.24. The summed E-state index contributed by atoms with van der Waals surface area (Å²) in [5, 5.41) is 11.0. The lowest BCUT2D eigenvalue weighted by Crippen LogP contribution is -2.58. The van der Waals surface area contributed by atoms with E-state index >= 15 is 0 Å². The summed E-state index contributed by atoms with van der Waals surface area (Å²) in [4.78, 5) is 62.7. The molecule has 1 heterocycles. The van der Waals surface area contributed by atoms with Crippen molar-refractivity contribution in [3.63, 3.8) is 0 Å². The molecule has 4 amide bonds. The number of rotatable bonds is 6. The molecule has 2 aromatic rings. The van der Waals surface area contributed by atoms with Gasteiger partial charge in [-0.25, -0.2) is 4.79 Å². The van der Waals surface area contributed by atoms with Gasteiger partial charge in [0, 0.05) is 44.1 Å². The molecule has 1 fully saturated rings. The SMILES string of the molecule is CN1C(=O)C(C(CC(=O)c2ccccc2)c2ccc([N+](=O)[O-])cc2)C(=O)N(C)C1=O. The van der Waals surface area contributed by atoms with Crippen molar-refractivity contribution < 1.29 is 24.1 Å². The van der Waals surface area contributed by atoms with Crippen molar-refractivity contribution in [3.05, 3.63) is 75.8 Å². The normalized spacial score (nSPS) is 16.0. The first kappa shape index (κ1) is 20.8. The van der Waals surface area contributed by atoms with E-state index in [9.17, 15) is 29.3 Å². The summed E-state index contributed by atoms with van der Waals surface area (Å²) in [6.45, 7) is 0. The van der Waals surface area contributed by atoms with Crippen LogP contribution < -0.4 is 0 Å². The van der Waals surface area contributed by atoms with Crippen LogP contribution in [-0.4, -0.2) is 52.4 Å². The van der Waals surface area contributed by atoms with Crippen LogP contribution in [0.4, 0.5) is 10.5 Å². The second-order valence-corrected chi connectivity index (χ2v) is 7.00. The lowest BCUT2D eigenvalue weighted by molar-refractivity contribution is -0.384. The van der Waals surface area contributed by atoms with Gasteiger partial charge in [0.1, 0.15) is 5.92 Å². The molecule has 154 valence electrons. The first-order valence-electron chi connectivity index (χ1n) is 9.14. The Kier molecular flexibility index (Phi) is 5.72. The van der Waals surface area contributed by atoms with Gasteiger partial charge in [0.2, 0.25) is 11.8 Å². The highest BCUT2D eigenvalue weighted by molar-refractivity contribution is 6.16. The summed E-state index contributed by atoms with van der Waals surface area (Å²) in [6, 6.07) is 13.0. The number of urea groups is 1. The average Bonchev–Trinajstić information content (AvgIpc) is 2.76. The van der Waals surface area contributed by atoms with Crippen LogP contribution in [0.2, 0.25) is 0 Å². The van der Waals surface area contributed by atoms with E-state index in [4.69, 9.17) is 0 Å². The maximum Gasteiger partial charge on any atom is 0.332 e. The Labute approximate surface area is 172 Å². The predicted molar refractivity (Wildman–Crippen MR) is 106 cm³/mol. The molecule has 1 atom stereocenters. The Balaban J connectivity index is 2.03. The topological polar surface area (TPSA) is 118 Å². The number of carbonyl (C=O) groups excluding carboxylic acids is 4. The van der Waals surface area contributed by atoms with Crippen molar-refractivity contribution >= 4 is 29.3 Å². The van der Waals surface area contributed by atoms with Crippen LogP contribution >= 0.6 is 0 Å². The number of carbonyl (C=O) groups is 4. The highest BCUT2D eigenvalue weighted by Crippen LogP contribution is 2.35. The molecule has 3 rings (SSSR count). The van der Waals surface area contributed by atoms with Crippen LogP contribution in [0.3, 0.4) is 0 Å². The molecule has 0 spiro atoms. The van der Waals surface area contributed by atoms with E-state index in [1.165, 1.54) is 38.4 Å². The predicted octanol–water partition coefficient (Wildman–Crippen LogP) is 2.62. The van der Waals surface area contributed by atoms with Crippen molar-refractivity contribution in [3.8, 4) is 0 Å². The summed E-state index contributed by atoms with van der Waals surface area (Å²) in [7, 11) is 2.54. The third-order valence-corrected chi connectivity index (χ3v) is 5.20. The minimum atomic E-state index is -1.30. The van der Waals surface area contributed by atoms with Gasteiger partial charge < -0.3 is 0 Å². The third kappa shape index (κ3) is 3.82. The Hall–Kier alpha value is -3.88. The van der Waals surface area contributed by atoms with Crippen molar-refractivity contribution in [2.45, 2.75) is 12.3 Å². The van der Waals surface area contributed by atoms with Gasteiger partial charge in [-0.1, -0.05) is 42.5 Å². The Morgan fingerprint density at radius 1 is 0.967 bits per heavy atom. The Bertz CT molecular complexity index is 995. The molecule has 0 bridgehead atoms. The quantitative estimate of drug-likeness (QED) is 0.313. The molecule has 1 saturated heterocycles. The van der Waals surface area contributed by atoms with E-state index < -0.39 is 34.6 Å². The lowest BCUT2D eigenvalue weighted by atomic mass is 9.79. The van der Waals surface area contributed by atoms with Gasteiger partial charge in [-0.2, -0.15) is 0 Å². The van der Waals surface area contributed by atoms with Crippen LogP contribution in [-0.2, 0) is 9.59 Å². The zero-order valence-corrected chi connectivity index (χ0v) is 16.3. The van der Waals surface area contributed by atoms with E-state index in [0.717, 1.165) is 9.80 Å². The van der Waals surface area contributed by atoms with Gasteiger partial charge in [-0.05, 0) is 5.56 Å². The number of benzene rings is 2. The maximum absolute atomic E-state index is 12.9. The minimum absolute atomic E-state index is 0.155. The number of ketones is 1. The molecule has 9 nitrogen and oxygen atoms in total. The molecule has 2 aromatic carbocycles. The minimum Gasteiger partial charge on any atom is -0.294 e. The van der Waals surface area contributed by atoms with Gasteiger partial charge in [0.25, 0.3) is 5.69 Å². The number of non-ortho nitro benzene ring substituents is 1. The van der Waals surface area contributed by atoms with Crippen molar-refractivity contribution in [1.82, 2.24) is 9.80 Å². The molecule has 0 radical (unpaired) electrons. The zero-order valence-electron chi connectivity index (χ0n) is 16.3. The summed E-state index contributed by atoms with van der Waals surface area (Å²) < 4.78 is 0. The molecular weight excluding hydrogens is 390 g/mol. The van der Waals surface area contributed by atoms with E-state index in [-0.39, 0.29) is 17.9 Å². The smallest absolute Gasteiger partial charge is 0.294 e. The number of nitro groups is 1. The molecule has 0 saturated carbocycles. The van der Waals surface area contributed by atoms with Crippen molar-refractivity contribution in [2.75, 3.05) is 14.1 Å². The van der Waals surface area contributed by atoms with Gasteiger partial charge >= 0.3 is 6.03 Å². The van der Waals surface area contributed by atoms with E-state index in [0.29, 0.717) is 11.1 Å². The number of barbiturate groups is 1. The monoisotopic (exact) mass is 409 g/mol. The van der Waals surface area contributed by atoms with E-state index in [2.05, 4.69) is 0 Å². The molecule has 0 aliphatic carbocycles. The summed E-state index contributed by atoms with van der Waals surface area (Å²) in [5.74, 6) is -3.91. The number of Topliss-reactive ketones (excluding diaryl/α,β-unsaturated/α-hetero) is 1. The van der Waals surface area contributed by atoms with Crippen LogP contribution in [0.1, 0.15) is 28.3 Å². The van der Waals surface area contributed by atoms with Gasteiger partial charge in [0.15, 0.2) is 5.78 Å². The van der Waals surface area contributed by atoms with E-state index in [1.54, 1.807) is 30.3 Å². The first-order chi connectivity index (χ1) is 14.2.